The molecule has 0 amide bonds. The summed E-state index contributed by atoms with van der Waals surface area (Å²) in [7, 11) is 1.54. The normalized spacial score (nSPS) is 22.0. The Balaban J connectivity index is 2.23. The lowest BCUT2D eigenvalue weighted by molar-refractivity contribution is 0.00578. The highest BCUT2D eigenvalue weighted by Crippen LogP contribution is 2.38. The summed E-state index contributed by atoms with van der Waals surface area (Å²) >= 11 is 4.38. The lowest BCUT2D eigenvalue weighted by Gasteiger charge is -2.32. The van der Waals surface area contributed by atoms with Crippen molar-refractivity contribution in [2.75, 3.05) is 5.75 Å². The van der Waals surface area contributed by atoms with Crippen molar-refractivity contribution in [3.8, 4) is 0 Å². The van der Waals surface area contributed by atoms with Crippen LogP contribution in [0.5, 0.6) is 0 Å². The fourth-order valence-electron chi connectivity index (χ4n) is 1.88. The standard InChI is InChI=1S/C13H21BN2O2S/c1-12(2)13(3,4)18-14(17-12)10(9-19)8-11-6-7-16(5)15-11/h6-8,19H,9H2,1-5H3. The van der Waals surface area contributed by atoms with Gasteiger partial charge >= 0.3 is 7.12 Å². The van der Waals surface area contributed by atoms with Crippen molar-refractivity contribution in [3.63, 3.8) is 0 Å². The molecule has 1 fully saturated rings. The van der Waals surface area contributed by atoms with Crippen molar-refractivity contribution in [2.24, 2.45) is 7.05 Å². The van der Waals surface area contributed by atoms with Crippen LogP contribution in [0.2, 0.25) is 0 Å². The molecule has 0 atom stereocenters. The van der Waals surface area contributed by atoms with Crippen molar-refractivity contribution in [1.29, 1.82) is 0 Å². The lowest BCUT2D eigenvalue weighted by atomic mass is 9.78. The van der Waals surface area contributed by atoms with E-state index in [1.807, 2.05) is 53.1 Å². The summed E-state index contributed by atoms with van der Waals surface area (Å²) in [5, 5.41) is 4.34. The zero-order chi connectivity index (χ0) is 14.3. The van der Waals surface area contributed by atoms with Crippen LogP contribution in [0.4, 0.5) is 0 Å². The van der Waals surface area contributed by atoms with Gasteiger partial charge in [-0.1, -0.05) is 0 Å². The minimum absolute atomic E-state index is 0.330. The molecule has 4 nitrogen and oxygen atoms in total. The molecule has 0 N–H and O–H groups in total. The second kappa shape index (κ2) is 5.00. The van der Waals surface area contributed by atoms with E-state index in [0.29, 0.717) is 5.75 Å². The molecular weight excluding hydrogens is 259 g/mol. The zero-order valence-corrected chi connectivity index (χ0v) is 13.1. The molecule has 1 aromatic rings. The molecule has 0 unspecified atom stereocenters. The van der Waals surface area contributed by atoms with E-state index in [1.165, 1.54) is 0 Å². The monoisotopic (exact) mass is 280 g/mol. The Labute approximate surface area is 120 Å². The summed E-state index contributed by atoms with van der Waals surface area (Å²) in [6, 6.07) is 1.95. The first-order chi connectivity index (χ1) is 8.75. The third-order valence-corrected chi connectivity index (χ3v) is 4.17. The van der Waals surface area contributed by atoms with Gasteiger partial charge < -0.3 is 9.31 Å². The quantitative estimate of drug-likeness (QED) is 0.682. The zero-order valence-electron chi connectivity index (χ0n) is 12.2. The van der Waals surface area contributed by atoms with Gasteiger partial charge in [0.15, 0.2) is 0 Å². The summed E-state index contributed by atoms with van der Waals surface area (Å²) < 4.78 is 13.8. The molecule has 0 bridgehead atoms. The summed E-state index contributed by atoms with van der Waals surface area (Å²) in [6.07, 6.45) is 3.89. The third kappa shape index (κ3) is 2.90. The van der Waals surface area contributed by atoms with Crippen LogP contribution in [0.15, 0.2) is 17.7 Å². The van der Waals surface area contributed by atoms with Crippen molar-refractivity contribution < 1.29 is 9.31 Å². The maximum absolute atomic E-state index is 6.02. The van der Waals surface area contributed by atoms with Crippen LogP contribution < -0.4 is 0 Å². The van der Waals surface area contributed by atoms with E-state index in [4.69, 9.17) is 9.31 Å². The van der Waals surface area contributed by atoms with Gasteiger partial charge in [0.25, 0.3) is 0 Å². The van der Waals surface area contributed by atoms with Crippen LogP contribution in [0, 0.1) is 0 Å². The Morgan fingerprint density at radius 1 is 1.37 bits per heavy atom. The molecular formula is C13H21BN2O2S. The molecule has 0 aromatic carbocycles. The number of thiol groups is 1. The number of hydrogen-bond donors (Lipinski definition) is 1. The number of hydrogen-bond acceptors (Lipinski definition) is 4. The fraction of sp³-hybridized carbons (Fsp3) is 0.615. The Kier molecular flexibility index (Phi) is 3.86. The smallest absolute Gasteiger partial charge is 0.400 e. The number of nitrogens with zero attached hydrogens (tertiary/aromatic N) is 2. The van der Waals surface area contributed by atoms with Gasteiger partial charge in [-0.25, -0.2) is 0 Å². The van der Waals surface area contributed by atoms with Gasteiger partial charge in [0.1, 0.15) is 0 Å². The number of aromatic nitrogens is 2. The molecule has 104 valence electrons. The SMILES string of the molecule is Cn1ccc(C=C(CS)B2OC(C)(C)C(C)(C)O2)n1. The number of rotatable bonds is 3. The molecule has 2 rings (SSSR count). The molecule has 0 spiro atoms. The largest absolute Gasteiger partial charge is 0.491 e. The Morgan fingerprint density at radius 3 is 2.37 bits per heavy atom. The van der Waals surface area contributed by atoms with Crippen molar-refractivity contribution >= 4 is 25.8 Å². The minimum Gasteiger partial charge on any atom is -0.400 e. The first kappa shape index (κ1) is 14.7. The second-order valence-corrected chi connectivity index (χ2v) is 6.20. The predicted octanol–water partition coefficient (Wildman–Crippen LogP) is 2.36. The van der Waals surface area contributed by atoms with Gasteiger partial charge in [0.05, 0.1) is 16.9 Å². The van der Waals surface area contributed by atoms with Crippen molar-refractivity contribution in [1.82, 2.24) is 9.78 Å². The second-order valence-electron chi connectivity index (χ2n) is 5.88. The highest BCUT2D eigenvalue weighted by atomic mass is 32.1. The summed E-state index contributed by atoms with van der Waals surface area (Å²) in [4.78, 5) is 0. The van der Waals surface area contributed by atoms with E-state index >= 15 is 0 Å². The van der Waals surface area contributed by atoms with Crippen LogP contribution in [0.3, 0.4) is 0 Å². The van der Waals surface area contributed by atoms with E-state index < -0.39 is 0 Å². The molecule has 0 aliphatic carbocycles. The van der Waals surface area contributed by atoms with Gasteiger partial charge in [-0.3, -0.25) is 4.68 Å². The van der Waals surface area contributed by atoms with Crippen LogP contribution in [-0.2, 0) is 16.4 Å². The third-order valence-electron chi connectivity index (χ3n) is 3.81. The molecule has 1 aliphatic rings. The van der Waals surface area contributed by atoms with E-state index in [9.17, 15) is 0 Å². The van der Waals surface area contributed by atoms with Gasteiger partial charge in [-0.05, 0) is 45.3 Å². The Hall–Kier alpha value is -0.715. The first-order valence-electron chi connectivity index (χ1n) is 6.42. The molecule has 1 aromatic heterocycles. The van der Waals surface area contributed by atoms with Crippen LogP contribution in [0.1, 0.15) is 33.4 Å². The summed E-state index contributed by atoms with van der Waals surface area (Å²) in [6.45, 7) is 8.18. The maximum Gasteiger partial charge on any atom is 0.491 e. The van der Waals surface area contributed by atoms with E-state index in [0.717, 1.165) is 11.2 Å². The van der Waals surface area contributed by atoms with E-state index in [-0.39, 0.29) is 18.3 Å². The minimum atomic E-state index is -0.357. The van der Waals surface area contributed by atoms with Gasteiger partial charge in [-0.15, -0.1) is 0 Å². The molecule has 0 radical (unpaired) electrons. The molecule has 19 heavy (non-hydrogen) atoms. The molecule has 1 aliphatic heterocycles. The average Bonchev–Trinajstić information content (AvgIpc) is 2.78. The highest BCUT2D eigenvalue weighted by molar-refractivity contribution is 7.80. The topological polar surface area (TPSA) is 36.3 Å². The fourth-order valence-corrected chi connectivity index (χ4v) is 2.12. The van der Waals surface area contributed by atoms with Gasteiger partial charge in [-0.2, -0.15) is 17.7 Å². The summed E-state index contributed by atoms with van der Waals surface area (Å²) in [5.41, 5.74) is 1.22. The Bertz CT molecular complexity index is 481. The molecule has 6 heteroatoms. The predicted molar refractivity (Wildman–Crippen MR) is 81.1 cm³/mol. The molecule has 1 saturated heterocycles. The van der Waals surface area contributed by atoms with Gasteiger partial charge in [0.2, 0.25) is 0 Å². The van der Waals surface area contributed by atoms with Crippen molar-refractivity contribution in [3.05, 3.63) is 23.4 Å². The molecule has 2 heterocycles. The van der Waals surface area contributed by atoms with Crippen LogP contribution in [-0.4, -0.2) is 33.9 Å². The van der Waals surface area contributed by atoms with Crippen LogP contribution >= 0.6 is 12.6 Å². The Morgan fingerprint density at radius 2 is 1.95 bits per heavy atom. The molecule has 0 saturated carbocycles. The number of aryl methyl sites for hydroxylation is 1. The average molecular weight is 280 g/mol. The van der Waals surface area contributed by atoms with E-state index in [1.54, 1.807) is 4.68 Å². The maximum atomic E-state index is 6.02. The lowest BCUT2D eigenvalue weighted by Crippen LogP contribution is -2.41. The van der Waals surface area contributed by atoms with E-state index in [2.05, 4.69) is 17.7 Å². The van der Waals surface area contributed by atoms with Gasteiger partial charge in [0, 0.05) is 19.0 Å². The van der Waals surface area contributed by atoms with Crippen molar-refractivity contribution in [2.45, 2.75) is 38.9 Å². The van der Waals surface area contributed by atoms with Crippen LogP contribution in [0.25, 0.3) is 6.08 Å². The first-order valence-corrected chi connectivity index (χ1v) is 7.05. The highest BCUT2D eigenvalue weighted by Gasteiger charge is 2.52. The summed E-state index contributed by atoms with van der Waals surface area (Å²) in [5.74, 6) is 0.577.